The Hall–Kier alpha value is -3.02. The summed E-state index contributed by atoms with van der Waals surface area (Å²) in [6.07, 6.45) is -2.16. The van der Waals surface area contributed by atoms with Crippen molar-refractivity contribution in [1.29, 1.82) is 0 Å². The largest absolute Gasteiger partial charge is 0.612 e. The van der Waals surface area contributed by atoms with Crippen molar-refractivity contribution in [2.45, 2.75) is 30.9 Å². The van der Waals surface area contributed by atoms with Crippen molar-refractivity contribution < 1.29 is 26.9 Å². The Morgan fingerprint density at radius 1 is 1.22 bits per heavy atom. The predicted molar refractivity (Wildman–Crippen MR) is 112 cm³/mol. The summed E-state index contributed by atoms with van der Waals surface area (Å²) in [6.45, 7) is 2.35. The van der Waals surface area contributed by atoms with Gasteiger partial charge in [0.2, 0.25) is 5.89 Å². The Balaban J connectivity index is 1.43. The van der Waals surface area contributed by atoms with E-state index >= 15 is 0 Å². The van der Waals surface area contributed by atoms with Gasteiger partial charge < -0.3 is 13.7 Å². The maximum absolute atomic E-state index is 12.3. The molecule has 11 heteroatoms. The first-order chi connectivity index (χ1) is 15.2. The van der Waals surface area contributed by atoms with Crippen LogP contribution in [0.3, 0.4) is 0 Å². The van der Waals surface area contributed by atoms with Crippen LogP contribution in [0.25, 0.3) is 11.3 Å². The average Bonchev–Trinajstić information content (AvgIpc) is 3.35. The highest BCUT2D eigenvalue weighted by Gasteiger charge is 2.31. The van der Waals surface area contributed by atoms with Crippen molar-refractivity contribution >= 4 is 17.0 Å². The molecule has 0 bridgehead atoms. The number of aliphatic imine (C=N–C) groups is 1. The van der Waals surface area contributed by atoms with Crippen LogP contribution >= 0.6 is 0 Å². The van der Waals surface area contributed by atoms with Crippen molar-refractivity contribution in [2.75, 3.05) is 6.26 Å². The molecule has 32 heavy (non-hydrogen) atoms. The topological polar surface area (TPSA) is 86.0 Å². The zero-order valence-electron chi connectivity index (χ0n) is 17.1. The van der Waals surface area contributed by atoms with E-state index in [2.05, 4.69) is 20.1 Å². The van der Waals surface area contributed by atoms with Gasteiger partial charge in [-0.2, -0.15) is 0 Å². The van der Waals surface area contributed by atoms with Crippen molar-refractivity contribution in [3.8, 4) is 17.1 Å². The number of oxazole rings is 1. The molecule has 2 aromatic carbocycles. The SMILES string of the molecule is CC1=NC(c2ncc(-c3ccc(OC(F)(F)F)cc3)o2)NN1Cc1cccc([S+](C)[O-])c1. The Morgan fingerprint density at radius 2 is 1.97 bits per heavy atom. The fraction of sp³-hybridized carbons (Fsp3) is 0.238. The summed E-state index contributed by atoms with van der Waals surface area (Å²) in [5.41, 5.74) is 4.73. The van der Waals surface area contributed by atoms with Gasteiger partial charge >= 0.3 is 6.36 Å². The summed E-state index contributed by atoms with van der Waals surface area (Å²) < 4.78 is 58.3. The maximum atomic E-state index is 12.3. The van der Waals surface area contributed by atoms with Gasteiger partial charge in [-0.05, 0) is 60.1 Å². The monoisotopic (exact) mass is 464 g/mol. The van der Waals surface area contributed by atoms with Crippen LogP contribution in [0.1, 0.15) is 24.5 Å². The van der Waals surface area contributed by atoms with E-state index in [4.69, 9.17) is 4.42 Å². The van der Waals surface area contributed by atoms with Crippen LogP contribution in [0, 0.1) is 0 Å². The predicted octanol–water partition coefficient (Wildman–Crippen LogP) is 4.42. The first kappa shape index (κ1) is 22.2. The molecule has 2 unspecified atom stereocenters. The molecule has 0 fully saturated rings. The minimum absolute atomic E-state index is 0.315. The minimum Gasteiger partial charge on any atom is -0.612 e. The minimum atomic E-state index is -4.74. The Bertz CT molecular complexity index is 1120. The lowest BCUT2D eigenvalue weighted by molar-refractivity contribution is -0.274. The highest BCUT2D eigenvalue weighted by molar-refractivity contribution is 7.90. The van der Waals surface area contributed by atoms with Gasteiger partial charge in [0.15, 0.2) is 16.8 Å². The fourth-order valence-corrected chi connectivity index (χ4v) is 3.76. The summed E-state index contributed by atoms with van der Waals surface area (Å²) in [4.78, 5) is 9.53. The first-order valence-electron chi connectivity index (χ1n) is 9.50. The van der Waals surface area contributed by atoms with Crippen LogP contribution in [0.15, 0.2) is 69.0 Å². The molecule has 1 aliphatic rings. The third-order valence-electron chi connectivity index (χ3n) is 4.69. The molecule has 4 rings (SSSR count). The average molecular weight is 464 g/mol. The van der Waals surface area contributed by atoms with E-state index in [9.17, 15) is 17.7 Å². The molecular weight excluding hydrogens is 445 g/mol. The van der Waals surface area contributed by atoms with Crippen LogP contribution < -0.4 is 10.2 Å². The number of nitrogens with zero attached hydrogens (tertiary/aromatic N) is 3. The van der Waals surface area contributed by atoms with Crippen molar-refractivity contribution in [2.24, 2.45) is 4.99 Å². The second-order valence-electron chi connectivity index (χ2n) is 7.03. The second-order valence-corrected chi connectivity index (χ2v) is 8.41. The van der Waals surface area contributed by atoms with Crippen LogP contribution in [0.5, 0.6) is 5.75 Å². The summed E-state index contributed by atoms with van der Waals surface area (Å²) in [7, 11) is 0. The van der Waals surface area contributed by atoms with Crippen LogP contribution in [0.2, 0.25) is 0 Å². The van der Waals surface area contributed by atoms with E-state index in [1.54, 1.807) is 6.26 Å². The Labute approximate surface area is 185 Å². The van der Waals surface area contributed by atoms with Gasteiger partial charge in [-0.1, -0.05) is 12.1 Å². The number of hydrogen-bond donors (Lipinski definition) is 1. The number of amidine groups is 1. The number of benzene rings is 2. The van der Waals surface area contributed by atoms with E-state index < -0.39 is 23.7 Å². The normalized spacial score (nSPS) is 17.4. The van der Waals surface area contributed by atoms with E-state index in [0.29, 0.717) is 23.8 Å². The van der Waals surface area contributed by atoms with Gasteiger partial charge in [-0.3, -0.25) is 5.01 Å². The number of aromatic nitrogens is 1. The number of hydrazine groups is 1. The molecule has 1 aliphatic heterocycles. The zero-order valence-corrected chi connectivity index (χ0v) is 17.9. The Kier molecular flexibility index (Phi) is 6.13. The molecule has 0 saturated heterocycles. The molecule has 0 amide bonds. The smallest absolute Gasteiger partial charge is 0.573 e. The number of nitrogens with one attached hydrogen (secondary N) is 1. The van der Waals surface area contributed by atoms with Gasteiger partial charge in [0.05, 0.1) is 12.7 Å². The molecule has 2 atom stereocenters. The molecule has 0 spiro atoms. The third kappa shape index (κ3) is 5.23. The number of alkyl halides is 3. The summed E-state index contributed by atoms with van der Waals surface area (Å²) in [5.74, 6) is 1.13. The molecule has 1 N–H and O–H groups in total. The number of rotatable bonds is 6. The van der Waals surface area contributed by atoms with Crippen LogP contribution in [-0.4, -0.2) is 33.0 Å². The molecule has 168 valence electrons. The van der Waals surface area contributed by atoms with Gasteiger partial charge in [0.1, 0.15) is 17.8 Å². The summed E-state index contributed by atoms with van der Waals surface area (Å²) >= 11 is -1.07. The van der Waals surface area contributed by atoms with Crippen LogP contribution in [-0.2, 0) is 17.7 Å². The summed E-state index contributed by atoms with van der Waals surface area (Å²) in [6, 6.07) is 12.8. The van der Waals surface area contributed by atoms with E-state index in [-0.39, 0.29) is 5.75 Å². The standard InChI is InChI=1S/C21H19F3N4O3S/c1-13-26-19(27-28(13)12-14-4-3-5-17(10-14)32(2)29)20-25-11-18(30-20)15-6-8-16(9-7-15)31-21(22,23)24/h3-11,19,27H,12H2,1-2H3. The lowest BCUT2D eigenvalue weighted by Gasteiger charge is -2.19. The molecular formula is C21H19F3N4O3S. The Morgan fingerprint density at radius 3 is 2.66 bits per heavy atom. The molecule has 1 aromatic heterocycles. The van der Waals surface area contributed by atoms with E-state index in [0.717, 1.165) is 16.3 Å². The van der Waals surface area contributed by atoms with Crippen LogP contribution in [0.4, 0.5) is 13.2 Å². The lowest BCUT2D eigenvalue weighted by Crippen LogP contribution is -2.36. The number of ether oxygens (including phenoxy) is 1. The molecule has 0 aliphatic carbocycles. The van der Waals surface area contributed by atoms with Crippen molar-refractivity contribution in [1.82, 2.24) is 15.4 Å². The first-order valence-corrected chi connectivity index (χ1v) is 11.1. The lowest BCUT2D eigenvalue weighted by atomic mass is 10.2. The van der Waals surface area contributed by atoms with Gasteiger partial charge in [0.25, 0.3) is 0 Å². The summed E-state index contributed by atoms with van der Waals surface area (Å²) in [5, 5.41) is 1.84. The molecule has 3 aromatic rings. The van der Waals surface area contributed by atoms with Gasteiger partial charge in [-0.15, -0.1) is 13.2 Å². The highest BCUT2D eigenvalue weighted by Crippen LogP contribution is 2.29. The van der Waals surface area contributed by atoms with E-state index in [1.807, 2.05) is 36.2 Å². The molecule has 2 heterocycles. The van der Waals surface area contributed by atoms with E-state index in [1.165, 1.54) is 30.5 Å². The maximum Gasteiger partial charge on any atom is 0.573 e. The van der Waals surface area contributed by atoms with Gasteiger partial charge in [0, 0.05) is 5.56 Å². The third-order valence-corrected chi connectivity index (χ3v) is 5.60. The fourth-order valence-electron chi connectivity index (χ4n) is 3.17. The van der Waals surface area contributed by atoms with Gasteiger partial charge in [-0.25, -0.2) is 15.4 Å². The van der Waals surface area contributed by atoms with Crippen molar-refractivity contribution in [3.05, 3.63) is 66.2 Å². The number of hydrogen-bond acceptors (Lipinski definition) is 7. The number of halogens is 3. The quantitative estimate of drug-likeness (QED) is 0.544. The molecule has 0 radical (unpaired) electrons. The second kappa shape index (κ2) is 8.85. The highest BCUT2D eigenvalue weighted by atomic mass is 32.2. The molecule has 0 saturated carbocycles. The molecule has 7 nitrogen and oxygen atoms in total. The zero-order chi connectivity index (χ0) is 22.9. The van der Waals surface area contributed by atoms with Crippen molar-refractivity contribution in [3.63, 3.8) is 0 Å².